The lowest BCUT2D eigenvalue weighted by Gasteiger charge is -2.07. The van der Waals surface area contributed by atoms with Crippen LogP contribution < -0.4 is 26.8 Å². The smallest absolute Gasteiger partial charge is 0.240 e. The molecule has 0 spiro atoms. The van der Waals surface area contributed by atoms with Crippen LogP contribution in [0.3, 0.4) is 0 Å². The summed E-state index contributed by atoms with van der Waals surface area (Å²) in [5, 5.41) is 5.13. The first-order chi connectivity index (χ1) is 11.0. The molecule has 0 atom stereocenters. The van der Waals surface area contributed by atoms with E-state index >= 15 is 0 Å². The van der Waals surface area contributed by atoms with Crippen LogP contribution in [-0.2, 0) is 9.59 Å². The van der Waals surface area contributed by atoms with Crippen LogP contribution in [0.2, 0.25) is 0 Å². The van der Waals surface area contributed by atoms with Crippen LogP contribution in [-0.4, -0.2) is 43.0 Å². The van der Waals surface area contributed by atoms with E-state index in [0.717, 1.165) is 10.2 Å². The number of hydrogen-bond acceptors (Lipinski definition) is 8. The second-order valence-electron chi connectivity index (χ2n) is 4.30. The lowest BCUT2D eigenvalue weighted by molar-refractivity contribution is -0.118. The van der Waals surface area contributed by atoms with Crippen LogP contribution >= 0.6 is 11.3 Å². The number of carbonyl (C=O) groups excluding carboxylic acids is 2. The van der Waals surface area contributed by atoms with E-state index < -0.39 is 11.8 Å². The largest absolute Gasteiger partial charge is 0.497 e. The highest BCUT2D eigenvalue weighted by Gasteiger charge is 2.10. The maximum atomic E-state index is 11.4. The zero-order chi connectivity index (χ0) is 16.8. The number of guanidine groups is 1. The molecule has 1 aromatic heterocycles. The first-order valence-electron chi connectivity index (χ1n) is 6.58. The normalized spacial score (nSPS) is 10.2. The Morgan fingerprint density at radius 3 is 2.48 bits per heavy atom. The minimum absolute atomic E-state index is 0.0677. The van der Waals surface area contributed by atoms with Gasteiger partial charge in [0, 0.05) is 0 Å². The zero-order valence-corrected chi connectivity index (χ0v) is 13.1. The van der Waals surface area contributed by atoms with Crippen molar-refractivity contribution in [3.63, 3.8) is 0 Å². The lowest BCUT2D eigenvalue weighted by Crippen LogP contribution is -2.47. The van der Waals surface area contributed by atoms with E-state index in [4.69, 9.17) is 16.2 Å². The monoisotopic (exact) mass is 336 g/mol. The van der Waals surface area contributed by atoms with Crippen LogP contribution in [0.1, 0.15) is 0 Å². The van der Waals surface area contributed by atoms with Gasteiger partial charge in [0.15, 0.2) is 0 Å². The van der Waals surface area contributed by atoms with Gasteiger partial charge in [-0.25, -0.2) is 4.98 Å². The average Bonchev–Trinajstić information content (AvgIpc) is 2.95. The summed E-state index contributed by atoms with van der Waals surface area (Å²) >= 11 is 1.28. The molecule has 6 N–H and O–H groups in total. The minimum atomic E-state index is -0.496. The minimum Gasteiger partial charge on any atom is -0.497 e. The molecule has 10 heteroatoms. The molecule has 2 amide bonds. The van der Waals surface area contributed by atoms with E-state index in [-0.39, 0.29) is 19.0 Å². The predicted molar refractivity (Wildman–Crippen MR) is 87.7 cm³/mol. The Morgan fingerprint density at radius 2 is 1.91 bits per heavy atom. The highest BCUT2D eigenvalue weighted by atomic mass is 32.1. The van der Waals surface area contributed by atoms with Crippen LogP contribution in [0, 0.1) is 0 Å². The molecule has 0 radical (unpaired) electrons. The van der Waals surface area contributed by atoms with E-state index in [1.807, 2.05) is 6.07 Å². The van der Waals surface area contributed by atoms with Crippen molar-refractivity contribution in [1.82, 2.24) is 15.6 Å². The molecular weight excluding hydrogens is 320 g/mol. The molecule has 0 unspecified atom stereocenters. The van der Waals surface area contributed by atoms with Crippen molar-refractivity contribution in [3.8, 4) is 5.75 Å². The number of ether oxygens (including phenoxy) is 1. The zero-order valence-electron chi connectivity index (χ0n) is 12.3. The molecule has 2 rings (SSSR count). The van der Waals surface area contributed by atoms with Crippen molar-refractivity contribution in [1.29, 1.82) is 0 Å². The summed E-state index contributed by atoms with van der Waals surface area (Å²) < 4.78 is 6.01. The number of thiazole rings is 1. The molecule has 0 bridgehead atoms. The maximum absolute atomic E-state index is 11.4. The van der Waals surface area contributed by atoms with E-state index in [1.54, 1.807) is 19.2 Å². The van der Waals surface area contributed by atoms with Crippen LogP contribution in [0.25, 0.3) is 10.2 Å². The summed E-state index contributed by atoms with van der Waals surface area (Å²) in [6.45, 7) is -0.483. The van der Waals surface area contributed by atoms with Gasteiger partial charge in [0.1, 0.15) is 5.75 Å². The number of fused-ring (bicyclic) bond motifs is 1. The molecule has 122 valence electrons. The SMILES string of the molecule is COc1ccc2nc(N=C(NC(=O)CN)NC(=O)CN)sc2c1. The Bertz CT molecular complexity index is 737. The van der Waals surface area contributed by atoms with E-state index in [1.165, 1.54) is 11.3 Å². The number of nitrogens with one attached hydrogen (secondary N) is 2. The second-order valence-corrected chi connectivity index (χ2v) is 5.30. The average molecular weight is 336 g/mol. The Morgan fingerprint density at radius 1 is 1.26 bits per heavy atom. The van der Waals surface area contributed by atoms with Gasteiger partial charge < -0.3 is 16.2 Å². The van der Waals surface area contributed by atoms with E-state index in [9.17, 15) is 9.59 Å². The van der Waals surface area contributed by atoms with Gasteiger partial charge in [-0.1, -0.05) is 11.3 Å². The van der Waals surface area contributed by atoms with Crippen molar-refractivity contribution in [2.24, 2.45) is 16.5 Å². The fourth-order valence-corrected chi connectivity index (χ4v) is 2.49. The summed E-state index contributed by atoms with van der Waals surface area (Å²) in [4.78, 5) is 31.2. The summed E-state index contributed by atoms with van der Waals surface area (Å²) in [6.07, 6.45) is 0. The molecule has 0 aliphatic rings. The maximum Gasteiger partial charge on any atom is 0.240 e. The van der Waals surface area contributed by atoms with Gasteiger partial charge in [-0.05, 0) is 18.2 Å². The van der Waals surface area contributed by atoms with Gasteiger partial charge >= 0.3 is 0 Å². The second kappa shape index (κ2) is 7.63. The Hall–Kier alpha value is -2.56. The highest BCUT2D eigenvalue weighted by Crippen LogP contribution is 2.30. The number of carbonyl (C=O) groups is 2. The number of aliphatic imine (C=N–C) groups is 1. The lowest BCUT2D eigenvalue weighted by atomic mass is 10.3. The third kappa shape index (κ3) is 4.45. The van der Waals surface area contributed by atoms with Gasteiger partial charge in [-0.2, -0.15) is 4.99 Å². The first-order valence-corrected chi connectivity index (χ1v) is 7.40. The molecule has 0 saturated heterocycles. The van der Waals surface area contributed by atoms with Crippen LogP contribution in [0.4, 0.5) is 5.13 Å². The number of nitrogens with two attached hydrogens (primary N) is 2. The summed E-state index contributed by atoms with van der Waals surface area (Å²) in [5.41, 5.74) is 11.2. The molecule has 0 aliphatic carbocycles. The standard InChI is InChI=1S/C13H16N6O3S/c1-22-7-2-3-8-9(4-7)23-13(16-8)19-12(17-10(20)5-14)18-11(21)6-15/h2-4H,5-6,14-15H2,1H3,(H2,16,17,18,19,20,21). The molecule has 0 aliphatic heterocycles. The molecule has 9 nitrogen and oxygen atoms in total. The van der Waals surface area contributed by atoms with Crippen molar-refractivity contribution >= 4 is 44.5 Å². The summed E-state index contributed by atoms with van der Waals surface area (Å²) in [6, 6.07) is 5.39. The Balaban J connectivity index is 2.32. The highest BCUT2D eigenvalue weighted by molar-refractivity contribution is 7.22. The fraction of sp³-hybridized carbons (Fsp3) is 0.231. The summed E-state index contributed by atoms with van der Waals surface area (Å²) in [7, 11) is 1.57. The number of hydrogen-bond donors (Lipinski definition) is 4. The number of amides is 2. The number of benzene rings is 1. The number of methoxy groups -OCH3 is 1. The molecular formula is C13H16N6O3S. The third-order valence-electron chi connectivity index (χ3n) is 2.68. The quantitative estimate of drug-likeness (QED) is 0.435. The molecule has 0 saturated carbocycles. The first kappa shape index (κ1) is 16.8. The Labute approximate surface area is 135 Å². The predicted octanol–water partition coefficient (Wildman–Crippen LogP) is -0.558. The van der Waals surface area contributed by atoms with Gasteiger partial charge in [0.25, 0.3) is 0 Å². The Kier molecular flexibility index (Phi) is 5.57. The van der Waals surface area contributed by atoms with Crippen molar-refractivity contribution in [2.75, 3.05) is 20.2 Å². The molecule has 1 heterocycles. The van der Waals surface area contributed by atoms with E-state index in [0.29, 0.717) is 10.9 Å². The number of rotatable bonds is 4. The molecule has 23 heavy (non-hydrogen) atoms. The fourth-order valence-electron chi connectivity index (χ4n) is 1.62. The summed E-state index contributed by atoms with van der Waals surface area (Å²) in [5.74, 6) is -0.362. The van der Waals surface area contributed by atoms with Gasteiger partial charge in [-0.15, -0.1) is 0 Å². The van der Waals surface area contributed by atoms with Gasteiger partial charge in [0.2, 0.25) is 22.9 Å². The van der Waals surface area contributed by atoms with Crippen LogP contribution in [0.5, 0.6) is 5.75 Å². The molecule has 1 aromatic carbocycles. The number of nitrogens with zero attached hydrogens (tertiary/aromatic N) is 2. The van der Waals surface area contributed by atoms with Crippen LogP contribution in [0.15, 0.2) is 23.2 Å². The van der Waals surface area contributed by atoms with Crippen molar-refractivity contribution in [3.05, 3.63) is 18.2 Å². The number of aromatic nitrogens is 1. The molecule has 2 aromatic rings. The molecule has 0 fully saturated rings. The van der Waals surface area contributed by atoms with Crippen molar-refractivity contribution < 1.29 is 14.3 Å². The van der Waals surface area contributed by atoms with Crippen molar-refractivity contribution in [2.45, 2.75) is 0 Å². The third-order valence-corrected chi connectivity index (χ3v) is 3.59. The topological polar surface area (TPSA) is 145 Å². The van der Waals surface area contributed by atoms with E-state index in [2.05, 4.69) is 20.6 Å². The van der Waals surface area contributed by atoms with Gasteiger partial charge in [-0.3, -0.25) is 20.2 Å². The van der Waals surface area contributed by atoms with Gasteiger partial charge in [0.05, 0.1) is 30.4 Å².